The first-order valence-electron chi connectivity index (χ1n) is 5.66. The molecule has 7 heteroatoms. The Bertz CT molecular complexity index is 679. The van der Waals surface area contributed by atoms with Gasteiger partial charge in [0.05, 0.1) is 10.7 Å². The number of rotatable bonds is 4. The molecule has 0 saturated carbocycles. The van der Waals surface area contributed by atoms with E-state index in [2.05, 4.69) is 15.3 Å². The fourth-order valence-corrected chi connectivity index (χ4v) is 1.99. The maximum Gasteiger partial charge on any atom is 0.354 e. The highest BCUT2D eigenvalue weighted by Crippen LogP contribution is 2.10. The Balaban J connectivity index is 2.02. The van der Waals surface area contributed by atoms with E-state index in [1.807, 2.05) is 12.3 Å². The quantitative estimate of drug-likeness (QED) is 0.842. The summed E-state index contributed by atoms with van der Waals surface area (Å²) in [5.74, 6) is -1.35. The van der Waals surface area contributed by atoms with E-state index in [1.165, 1.54) is 35.6 Å². The highest BCUT2D eigenvalue weighted by molar-refractivity contribution is 7.09. The van der Waals surface area contributed by atoms with E-state index < -0.39 is 11.9 Å². The van der Waals surface area contributed by atoms with Crippen molar-refractivity contribution >= 4 is 35.1 Å². The third-order valence-corrected chi connectivity index (χ3v) is 3.05. The van der Waals surface area contributed by atoms with E-state index in [0.717, 1.165) is 5.01 Å². The van der Waals surface area contributed by atoms with Crippen LogP contribution in [0.2, 0.25) is 0 Å². The Morgan fingerprint density at radius 3 is 2.80 bits per heavy atom. The average molecular weight is 289 g/mol. The van der Waals surface area contributed by atoms with Gasteiger partial charge in [-0.15, -0.1) is 11.3 Å². The lowest BCUT2D eigenvalue weighted by atomic mass is 10.3. The fourth-order valence-electron chi connectivity index (χ4n) is 1.41. The van der Waals surface area contributed by atoms with Crippen molar-refractivity contribution < 1.29 is 14.7 Å². The number of aromatic carboxylic acids is 1. The van der Waals surface area contributed by atoms with Crippen LogP contribution in [0.3, 0.4) is 0 Å². The van der Waals surface area contributed by atoms with Gasteiger partial charge in [0.25, 0.3) is 0 Å². The Morgan fingerprint density at radius 2 is 2.15 bits per heavy atom. The molecule has 0 fully saturated rings. The molecule has 0 radical (unpaired) electrons. The zero-order valence-electron chi connectivity index (χ0n) is 10.5. The topological polar surface area (TPSA) is 92.2 Å². The molecule has 0 saturated heterocycles. The number of hydrogen-bond donors (Lipinski definition) is 2. The molecule has 0 aliphatic rings. The van der Waals surface area contributed by atoms with Crippen molar-refractivity contribution in [2.45, 2.75) is 6.92 Å². The standard InChI is InChI=1S/C13H11N3O3S/c1-8-14-9(7-20-8)5-6-12(17)16-11-4-2-3-10(15-11)13(18)19/h2-7H,1H3,(H,18,19)(H,15,16,17). The molecule has 102 valence electrons. The second-order valence-electron chi connectivity index (χ2n) is 3.83. The number of amides is 1. The molecular formula is C13H11N3O3S. The van der Waals surface area contributed by atoms with Gasteiger partial charge in [-0.1, -0.05) is 6.07 Å². The van der Waals surface area contributed by atoms with Gasteiger partial charge in [0.15, 0.2) is 5.69 Å². The van der Waals surface area contributed by atoms with Crippen LogP contribution >= 0.6 is 11.3 Å². The first-order valence-corrected chi connectivity index (χ1v) is 6.54. The second kappa shape index (κ2) is 6.07. The van der Waals surface area contributed by atoms with E-state index in [1.54, 1.807) is 6.08 Å². The maximum absolute atomic E-state index is 11.7. The molecular weight excluding hydrogens is 278 g/mol. The van der Waals surface area contributed by atoms with Crippen molar-refractivity contribution in [3.63, 3.8) is 0 Å². The minimum absolute atomic E-state index is 0.123. The molecule has 2 aromatic heterocycles. The lowest BCUT2D eigenvalue weighted by Crippen LogP contribution is -2.11. The monoisotopic (exact) mass is 289 g/mol. The molecule has 0 bridgehead atoms. The summed E-state index contributed by atoms with van der Waals surface area (Å²) in [6.45, 7) is 1.88. The number of aryl methyl sites for hydroxylation is 1. The average Bonchev–Trinajstić information content (AvgIpc) is 2.82. The van der Waals surface area contributed by atoms with Crippen LogP contribution in [0.15, 0.2) is 29.7 Å². The molecule has 6 nitrogen and oxygen atoms in total. The Hall–Kier alpha value is -2.54. The Kier molecular flexibility index (Phi) is 4.21. The van der Waals surface area contributed by atoms with Crippen molar-refractivity contribution in [1.82, 2.24) is 9.97 Å². The van der Waals surface area contributed by atoms with E-state index in [0.29, 0.717) is 5.69 Å². The molecule has 2 N–H and O–H groups in total. The van der Waals surface area contributed by atoms with Crippen LogP contribution < -0.4 is 5.32 Å². The number of nitrogens with one attached hydrogen (secondary N) is 1. The number of carboxylic acid groups (broad SMARTS) is 1. The molecule has 0 aromatic carbocycles. The molecule has 2 aromatic rings. The molecule has 0 spiro atoms. The van der Waals surface area contributed by atoms with Gasteiger partial charge in [-0.05, 0) is 25.1 Å². The van der Waals surface area contributed by atoms with Crippen molar-refractivity contribution in [2.75, 3.05) is 5.32 Å². The lowest BCUT2D eigenvalue weighted by molar-refractivity contribution is -0.111. The van der Waals surface area contributed by atoms with Crippen LogP contribution in [0.1, 0.15) is 21.2 Å². The van der Waals surface area contributed by atoms with Crippen LogP contribution in [0.25, 0.3) is 6.08 Å². The van der Waals surface area contributed by atoms with Crippen LogP contribution in [0, 0.1) is 6.92 Å². The number of hydrogen-bond acceptors (Lipinski definition) is 5. The summed E-state index contributed by atoms with van der Waals surface area (Å²) in [6.07, 6.45) is 2.91. The number of nitrogens with zero attached hydrogens (tertiary/aromatic N) is 2. The van der Waals surface area contributed by atoms with Crippen LogP contribution in [0.5, 0.6) is 0 Å². The summed E-state index contributed by atoms with van der Waals surface area (Å²) >= 11 is 1.49. The number of pyridine rings is 1. The first kappa shape index (κ1) is 13.9. The molecule has 2 rings (SSSR count). The minimum atomic E-state index is -1.14. The summed E-state index contributed by atoms with van der Waals surface area (Å²) in [5, 5.41) is 14.0. The second-order valence-corrected chi connectivity index (χ2v) is 4.89. The third kappa shape index (κ3) is 3.72. The smallest absolute Gasteiger partial charge is 0.354 e. The number of thiazole rings is 1. The minimum Gasteiger partial charge on any atom is -0.477 e. The lowest BCUT2D eigenvalue weighted by Gasteiger charge is -2.01. The van der Waals surface area contributed by atoms with Gasteiger partial charge in [-0.2, -0.15) is 0 Å². The van der Waals surface area contributed by atoms with Crippen molar-refractivity contribution in [3.05, 3.63) is 46.1 Å². The van der Waals surface area contributed by atoms with Gasteiger partial charge >= 0.3 is 5.97 Å². The zero-order chi connectivity index (χ0) is 14.5. The zero-order valence-corrected chi connectivity index (χ0v) is 11.3. The van der Waals surface area contributed by atoms with Crippen LogP contribution in [-0.2, 0) is 4.79 Å². The maximum atomic E-state index is 11.7. The predicted molar refractivity (Wildman–Crippen MR) is 75.7 cm³/mol. The first-order chi connectivity index (χ1) is 9.54. The van der Waals surface area contributed by atoms with Gasteiger partial charge < -0.3 is 10.4 Å². The number of aromatic nitrogens is 2. The van der Waals surface area contributed by atoms with Crippen molar-refractivity contribution in [1.29, 1.82) is 0 Å². The number of anilines is 1. The summed E-state index contributed by atoms with van der Waals surface area (Å²) in [4.78, 5) is 30.4. The summed E-state index contributed by atoms with van der Waals surface area (Å²) in [5.41, 5.74) is 0.580. The Labute approximate surface area is 118 Å². The van der Waals surface area contributed by atoms with Crippen molar-refractivity contribution in [2.24, 2.45) is 0 Å². The van der Waals surface area contributed by atoms with E-state index in [-0.39, 0.29) is 11.5 Å². The normalized spacial score (nSPS) is 10.7. The Morgan fingerprint density at radius 1 is 1.35 bits per heavy atom. The largest absolute Gasteiger partial charge is 0.477 e. The molecule has 0 aliphatic heterocycles. The highest BCUT2D eigenvalue weighted by atomic mass is 32.1. The molecule has 1 amide bonds. The molecule has 0 atom stereocenters. The summed E-state index contributed by atoms with van der Waals surface area (Å²) < 4.78 is 0. The van der Waals surface area contributed by atoms with E-state index >= 15 is 0 Å². The van der Waals surface area contributed by atoms with E-state index in [4.69, 9.17) is 5.11 Å². The molecule has 2 heterocycles. The molecule has 20 heavy (non-hydrogen) atoms. The van der Waals surface area contributed by atoms with Crippen LogP contribution in [-0.4, -0.2) is 27.0 Å². The third-order valence-electron chi connectivity index (χ3n) is 2.26. The van der Waals surface area contributed by atoms with Crippen LogP contribution in [0.4, 0.5) is 5.82 Å². The number of carboxylic acids is 1. The van der Waals surface area contributed by atoms with Gasteiger partial charge in [-0.3, -0.25) is 4.79 Å². The fraction of sp³-hybridized carbons (Fsp3) is 0.0769. The van der Waals surface area contributed by atoms with Crippen molar-refractivity contribution in [3.8, 4) is 0 Å². The molecule has 0 unspecified atom stereocenters. The SMILES string of the molecule is Cc1nc(C=CC(=O)Nc2cccc(C(=O)O)n2)cs1. The number of carbonyl (C=O) groups excluding carboxylic acids is 1. The van der Waals surface area contributed by atoms with Gasteiger partial charge in [0.1, 0.15) is 5.82 Å². The summed E-state index contributed by atoms with van der Waals surface area (Å²) in [7, 11) is 0. The highest BCUT2D eigenvalue weighted by Gasteiger charge is 2.06. The van der Waals surface area contributed by atoms with Gasteiger partial charge in [0.2, 0.25) is 5.91 Å². The molecule has 0 aliphatic carbocycles. The predicted octanol–water partition coefficient (Wildman–Crippen LogP) is 2.20. The van der Waals surface area contributed by atoms with E-state index in [9.17, 15) is 9.59 Å². The van der Waals surface area contributed by atoms with Gasteiger partial charge in [-0.25, -0.2) is 14.8 Å². The number of carbonyl (C=O) groups is 2. The van der Waals surface area contributed by atoms with Gasteiger partial charge in [0, 0.05) is 11.5 Å². The summed E-state index contributed by atoms with van der Waals surface area (Å²) in [6, 6.07) is 4.39.